The molecular weight excluding hydrogens is 356 g/mol. The minimum atomic E-state index is -1.93. The second kappa shape index (κ2) is 7.25. The third-order valence-electron chi connectivity index (χ3n) is 9.41. The van der Waals surface area contributed by atoms with Crippen molar-refractivity contribution in [3.05, 3.63) is 11.6 Å². The van der Waals surface area contributed by atoms with Crippen molar-refractivity contribution in [1.82, 2.24) is 0 Å². The van der Waals surface area contributed by atoms with E-state index in [9.17, 15) is 13.9 Å². The fraction of sp³-hybridized carbons (Fsp3) is 0.913. The van der Waals surface area contributed by atoms with Crippen molar-refractivity contribution in [2.24, 2.45) is 40.9 Å². The van der Waals surface area contributed by atoms with Gasteiger partial charge < -0.3 is 9.66 Å². The van der Waals surface area contributed by atoms with E-state index in [1.807, 2.05) is 0 Å². The number of hydrogen-bond acceptors (Lipinski definition) is 3. The van der Waals surface area contributed by atoms with Crippen LogP contribution in [0.3, 0.4) is 0 Å². The van der Waals surface area contributed by atoms with Crippen molar-refractivity contribution in [3.8, 4) is 0 Å². The number of rotatable bonds is 4. The molecule has 154 valence electrons. The van der Waals surface area contributed by atoms with Gasteiger partial charge in [0.2, 0.25) is 0 Å². The second-order valence-electron chi connectivity index (χ2n) is 10.5. The summed E-state index contributed by atoms with van der Waals surface area (Å²) in [5.41, 5.74) is 1.42. The van der Waals surface area contributed by atoms with E-state index in [-0.39, 0.29) is 5.92 Å². The Morgan fingerprint density at radius 1 is 1.26 bits per heavy atom. The average molecular weight is 394 g/mol. The fourth-order valence-corrected chi connectivity index (χ4v) is 8.63. The van der Waals surface area contributed by atoms with Crippen LogP contribution in [-0.2, 0) is 11.1 Å². The highest BCUT2D eigenvalue weighted by molar-refractivity contribution is 7.79. The molecule has 0 aromatic carbocycles. The predicted octanol–water partition coefficient (Wildman–Crippen LogP) is 4.83. The number of hydrogen-bond donors (Lipinski definition) is 1. The Morgan fingerprint density at radius 2 is 2.04 bits per heavy atom. The van der Waals surface area contributed by atoms with Gasteiger partial charge in [-0.25, -0.2) is 0 Å². The van der Waals surface area contributed by atoms with Crippen LogP contribution >= 0.6 is 0 Å². The maximum atomic E-state index is 11.3. The molecule has 1 N–H and O–H groups in total. The lowest BCUT2D eigenvalue weighted by Crippen LogP contribution is -2.48. The fourth-order valence-electron chi connectivity index (χ4n) is 7.97. The SMILES string of the molecule is CC[C@]1(O)CC[C@H]2C(=CCC3[C@@H]2CC[C@]2(C)[C@@H]([C@H](C)CS(=O)[O-])CC[C@@H]32)C1. The van der Waals surface area contributed by atoms with Crippen LogP contribution in [0, 0.1) is 40.9 Å². The van der Waals surface area contributed by atoms with E-state index in [0.29, 0.717) is 23.0 Å². The molecule has 0 bridgehead atoms. The summed E-state index contributed by atoms with van der Waals surface area (Å²) in [6.45, 7) is 6.75. The minimum absolute atomic E-state index is 0.277. The van der Waals surface area contributed by atoms with Crippen LogP contribution in [0.4, 0.5) is 0 Å². The van der Waals surface area contributed by atoms with E-state index in [4.69, 9.17) is 0 Å². The largest absolute Gasteiger partial charge is 0.772 e. The van der Waals surface area contributed by atoms with Gasteiger partial charge in [0.15, 0.2) is 0 Å². The molecule has 4 aliphatic carbocycles. The standard InChI is InChI=1S/C23H38O3S/c1-4-23(24)12-10-17-16(13-23)5-6-19-18(17)9-11-22(3)20(7-8-21(19)22)15(2)14-27(25)26/h5,15,17-21,24H,4,6-14H2,1-3H3,(H,25,26)/p-1/t15-,17+,18-,19?,20-,21+,22-,23+/m1/s1. The first kappa shape index (κ1) is 20.1. The van der Waals surface area contributed by atoms with E-state index in [2.05, 4.69) is 26.8 Å². The summed E-state index contributed by atoms with van der Waals surface area (Å²) >= 11 is -1.93. The summed E-state index contributed by atoms with van der Waals surface area (Å²) in [4.78, 5) is 0. The van der Waals surface area contributed by atoms with Gasteiger partial charge in [0.05, 0.1) is 5.60 Å². The normalized spacial score (nSPS) is 48.8. The zero-order valence-electron chi connectivity index (χ0n) is 17.3. The molecule has 3 saturated carbocycles. The van der Waals surface area contributed by atoms with Crippen LogP contribution < -0.4 is 0 Å². The maximum Gasteiger partial charge on any atom is 0.0682 e. The average Bonchev–Trinajstić information content (AvgIpc) is 2.98. The Labute approximate surface area is 167 Å². The molecule has 0 aromatic heterocycles. The Balaban J connectivity index is 1.53. The van der Waals surface area contributed by atoms with Crippen LogP contribution in [0.15, 0.2) is 11.6 Å². The minimum Gasteiger partial charge on any atom is -0.772 e. The first-order valence-electron chi connectivity index (χ1n) is 11.2. The Kier molecular flexibility index (Phi) is 5.40. The highest BCUT2D eigenvalue weighted by Gasteiger charge is 2.57. The molecule has 0 heterocycles. The molecule has 0 aromatic rings. The summed E-state index contributed by atoms with van der Waals surface area (Å²) in [7, 11) is 0. The lowest BCUT2D eigenvalue weighted by atomic mass is 9.50. The molecule has 4 heteroatoms. The summed E-state index contributed by atoms with van der Waals surface area (Å²) < 4.78 is 22.5. The van der Waals surface area contributed by atoms with Crippen molar-refractivity contribution in [1.29, 1.82) is 0 Å². The number of allylic oxidation sites excluding steroid dienone is 1. The van der Waals surface area contributed by atoms with Crippen LogP contribution in [0.1, 0.15) is 78.6 Å². The summed E-state index contributed by atoms with van der Waals surface area (Å²) in [5.74, 6) is 4.19. The van der Waals surface area contributed by atoms with Gasteiger partial charge in [-0.2, -0.15) is 0 Å². The molecule has 0 aliphatic heterocycles. The zero-order chi connectivity index (χ0) is 19.4. The van der Waals surface area contributed by atoms with E-state index in [1.165, 1.54) is 32.1 Å². The lowest BCUT2D eigenvalue weighted by Gasteiger charge is -2.55. The van der Waals surface area contributed by atoms with E-state index >= 15 is 0 Å². The van der Waals surface area contributed by atoms with Gasteiger partial charge in [0, 0.05) is 5.75 Å². The molecule has 27 heavy (non-hydrogen) atoms. The predicted molar refractivity (Wildman–Crippen MR) is 109 cm³/mol. The number of aliphatic hydroxyl groups is 1. The summed E-state index contributed by atoms with van der Waals surface area (Å²) in [6.07, 6.45) is 12.6. The quantitative estimate of drug-likeness (QED) is 0.549. The molecule has 3 nitrogen and oxygen atoms in total. The van der Waals surface area contributed by atoms with Gasteiger partial charge in [0.25, 0.3) is 0 Å². The Bertz CT molecular complexity index is 631. The monoisotopic (exact) mass is 393 g/mol. The topological polar surface area (TPSA) is 60.4 Å². The number of fused-ring (bicyclic) bond motifs is 5. The zero-order valence-corrected chi connectivity index (χ0v) is 18.1. The van der Waals surface area contributed by atoms with E-state index in [0.717, 1.165) is 43.4 Å². The molecule has 2 unspecified atom stereocenters. The molecule has 0 radical (unpaired) electrons. The van der Waals surface area contributed by atoms with Crippen LogP contribution in [-0.4, -0.2) is 25.2 Å². The highest BCUT2D eigenvalue weighted by Crippen LogP contribution is 2.64. The van der Waals surface area contributed by atoms with Crippen molar-refractivity contribution in [2.75, 3.05) is 5.75 Å². The maximum absolute atomic E-state index is 11.3. The Morgan fingerprint density at radius 3 is 2.74 bits per heavy atom. The Hall–Kier alpha value is -0.190. The summed E-state index contributed by atoms with van der Waals surface area (Å²) in [5, 5.41) is 10.8. The molecule has 4 aliphatic rings. The van der Waals surface area contributed by atoms with Crippen LogP contribution in [0.2, 0.25) is 0 Å². The van der Waals surface area contributed by atoms with Gasteiger partial charge >= 0.3 is 0 Å². The lowest BCUT2D eigenvalue weighted by molar-refractivity contribution is -0.0444. The first-order valence-corrected chi connectivity index (χ1v) is 12.5. The van der Waals surface area contributed by atoms with Gasteiger partial charge in [-0.1, -0.05) is 43.5 Å². The van der Waals surface area contributed by atoms with Gasteiger partial charge in [0.1, 0.15) is 0 Å². The molecule has 9 atom stereocenters. The van der Waals surface area contributed by atoms with Crippen LogP contribution in [0.25, 0.3) is 0 Å². The van der Waals surface area contributed by atoms with Crippen LogP contribution in [0.5, 0.6) is 0 Å². The van der Waals surface area contributed by atoms with Crippen molar-refractivity contribution >= 4 is 11.1 Å². The second-order valence-corrected chi connectivity index (χ2v) is 11.5. The molecule has 0 spiro atoms. The molecule has 4 rings (SSSR count). The first-order chi connectivity index (χ1) is 12.8. The van der Waals surface area contributed by atoms with Crippen molar-refractivity contribution < 1.29 is 13.9 Å². The smallest absolute Gasteiger partial charge is 0.0682 e. The third kappa shape index (κ3) is 3.38. The van der Waals surface area contributed by atoms with Gasteiger partial charge in [-0.3, -0.25) is 4.21 Å². The van der Waals surface area contributed by atoms with Gasteiger partial charge in [-0.05, 0) is 98.7 Å². The molecule has 0 saturated heterocycles. The van der Waals surface area contributed by atoms with Gasteiger partial charge in [-0.15, -0.1) is 0 Å². The van der Waals surface area contributed by atoms with E-state index < -0.39 is 16.7 Å². The van der Waals surface area contributed by atoms with Crippen molar-refractivity contribution in [3.63, 3.8) is 0 Å². The van der Waals surface area contributed by atoms with E-state index in [1.54, 1.807) is 5.57 Å². The highest BCUT2D eigenvalue weighted by atomic mass is 32.2. The molecular formula is C23H37O3S-. The van der Waals surface area contributed by atoms with Crippen molar-refractivity contribution in [2.45, 2.75) is 84.2 Å². The molecule has 3 fully saturated rings. The molecule has 0 amide bonds. The third-order valence-corrected chi connectivity index (χ3v) is 10.2. The summed E-state index contributed by atoms with van der Waals surface area (Å²) in [6, 6.07) is 0.